The van der Waals surface area contributed by atoms with Crippen LogP contribution < -0.4 is 0 Å². The zero-order chi connectivity index (χ0) is 19.4. The molecule has 142 valence electrons. The van der Waals surface area contributed by atoms with Gasteiger partial charge < -0.3 is 4.74 Å². The fourth-order valence-corrected chi connectivity index (χ4v) is 4.34. The molecule has 0 radical (unpaired) electrons. The molecule has 1 atom stereocenters. The smallest absolute Gasteiger partial charge is 0.261 e. The highest BCUT2D eigenvalue weighted by Crippen LogP contribution is 2.26. The predicted molar refractivity (Wildman–Crippen MR) is 106 cm³/mol. The van der Waals surface area contributed by atoms with Crippen LogP contribution >= 0.6 is 0 Å². The highest BCUT2D eigenvalue weighted by Gasteiger charge is 2.39. The van der Waals surface area contributed by atoms with E-state index in [0.29, 0.717) is 6.42 Å². The second kappa shape index (κ2) is 8.06. The third kappa shape index (κ3) is 4.64. The van der Waals surface area contributed by atoms with E-state index in [-0.39, 0.29) is 12.5 Å². The van der Waals surface area contributed by atoms with Crippen molar-refractivity contribution in [3.05, 3.63) is 65.6 Å². The molecule has 3 rings (SSSR count). The van der Waals surface area contributed by atoms with Crippen LogP contribution in [0.5, 0.6) is 0 Å². The van der Waals surface area contributed by atoms with E-state index in [1.807, 2.05) is 68.4 Å². The molecule has 0 aliphatic carbocycles. The lowest BCUT2D eigenvalue weighted by molar-refractivity contribution is -0.129. The number of sulfonamides is 1. The van der Waals surface area contributed by atoms with Crippen LogP contribution in [0.15, 0.2) is 60.0 Å². The summed E-state index contributed by atoms with van der Waals surface area (Å²) in [6.07, 6.45) is 1.18. The largest absolute Gasteiger partial charge is 0.355 e. The maximum Gasteiger partial charge on any atom is 0.261 e. The maximum absolute atomic E-state index is 12.6. The molecule has 5 nitrogen and oxygen atoms in total. The van der Waals surface area contributed by atoms with Gasteiger partial charge in [0.05, 0.1) is 11.5 Å². The van der Waals surface area contributed by atoms with Gasteiger partial charge in [-0.15, -0.1) is 0 Å². The molecular weight excluding hydrogens is 362 g/mol. The summed E-state index contributed by atoms with van der Waals surface area (Å²) in [5, 5.41) is 1.07. The minimum Gasteiger partial charge on any atom is -0.355 e. The van der Waals surface area contributed by atoms with E-state index in [1.54, 1.807) is 0 Å². The third-order valence-electron chi connectivity index (χ3n) is 4.27. The second-order valence-corrected chi connectivity index (χ2v) is 8.40. The number of benzene rings is 2. The lowest BCUT2D eigenvalue weighted by atomic mass is 10.0. The van der Waals surface area contributed by atoms with Crippen molar-refractivity contribution in [2.75, 3.05) is 0 Å². The summed E-state index contributed by atoms with van der Waals surface area (Å²) in [6.45, 7) is 3.63. The molecule has 1 aliphatic heterocycles. The molecular formula is C21H23NO4S. The van der Waals surface area contributed by atoms with E-state index in [4.69, 9.17) is 4.74 Å². The Morgan fingerprint density at radius 2 is 1.67 bits per heavy atom. The lowest BCUT2D eigenvalue weighted by Gasteiger charge is -2.24. The molecule has 6 heteroatoms. The van der Waals surface area contributed by atoms with Crippen molar-refractivity contribution in [2.24, 2.45) is 0 Å². The molecule has 0 bridgehead atoms. The van der Waals surface area contributed by atoms with Gasteiger partial charge in [-0.25, -0.2) is 12.7 Å². The molecule has 2 aromatic carbocycles. The molecule has 1 fully saturated rings. The van der Waals surface area contributed by atoms with Crippen LogP contribution in [0.3, 0.4) is 0 Å². The molecule has 27 heavy (non-hydrogen) atoms. The van der Waals surface area contributed by atoms with Crippen LogP contribution in [-0.4, -0.2) is 31.0 Å². The summed E-state index contributed by atoms with van der Waals surface area (Å²) in [4.78, 5) is 12.1. The van der Waals surface area contributed by atoms with E-state index in [9.17, 15) is 13.2 Å². The fraction of sp³-hybridized carbons (Fsp3) is 0.286. The van der Waals surface area contributed by atoms with Crippen molar-refractivity contribution in [2.45, 2.75) is 39.0 Å². The van der Waals surface area contributed by atoms with Crippen molar-refractivity contribution in [3.63, 3.8) is 0 Å². The molecule has 0 N–H and O–H groups in total. The normalized spacial score (nSPS) is 18.0. The van der Waals surface area contributed by atoms with Crippen LogP contribution in [0.25, 0.3) is 17.2 Å². The van der Waals surface area contributed by atoms with E-state index >= 15 is 0 Å². The lowest BCUT2D eigenvalue weighted by Crippen LogP contribution is -2.40. The molecule has 0 spiro atoms. The van der Waals surface area contributed by atoms with Gasteiger partial charge in [0.1, 0.15) is 6.23 Å². The molecule has 1 heterocycles. The zero-order valence-corrected chi connectivity index (χ0v) is 16.2. The van der Waals surface area contributed by atoms with Crippen LogP contribution in [0.2, 0.25) is 0 Å². The van der Waals surface area contributed by atoms with E-state index in [1.165, 1.54) is 6.08 Å². The Morgan fingerprint density at radius 1 is 1.04 bits per heavy atom. The number of ether oxygens (including phenoxy) is 1. The highest BCUT2D eigenvalue weighted by atomic mass is 32.2. The summed E-state index contributed by atoms with van der Waals surface area (Å²) in [7, 11) is -3.89. The number of carbonyl (C=O) groups excluding carboxylic acids is 1. The minimum absolute atomic E-state index is 0.159. The van der Waals surface area contributed by atoms with Crippen LogP contribution in [0.4, 0.5) is 0 Å². The Hall–Kier alpha value is -2.44. The number of carbonyl (C=O) groups is 1. The zero-order valence-electron chi connectivity index (χ0n) is 15.4. The first-order valence-electron chi connectivity index (χ1n) is 8.93. The summed E-state index contributed by atoms with van der Waals surface area (Å²) in [5.74, 6) is -0.426. The van der Waals surface area contributed by atoms with Crippen molar-refractivity contribution in [1.82, 2.24) is 4.31 Å². The quantitative estimate of drug-likeness (QED) is 0.753. The third-order valence-corrected chi connectivity index (χ3v) is 5.73. The number of amides is 1. The first kappa shape index (κ1) is 19.3. The Bertz CT molecular complexity index is 918. The summed E-state index contributed by atoms with van der Waals surface area (Å²) < 4.78 is 31.7. The molecule has 1 saturated heterocycles. The Kier molecular flexibility index (Phi) is 5.77. The average Bonchev–Trinajstić information content (AvgIpc) is 3.01. The summed E-state index contributed by atoms with van der Waals surface area (Å²) in [6, 6.07) is 17.5. The Balaban J connectivity index is 1.77. The van der Waals surface area contributed by atoms with Gasteiger partial charge in [-0.1, -0.05) is 54.6 Å². The van der Waals surface area contributed by atoms with Gasteiger partial charge in [0.15, 0.2) is 0 Å². The van der Waals surface area contributed by atoms with Crippen molar-refractivity contribution < 1.29 is 17.9 Å². The topological polar surface area (TPSA) is 63.7 Å². The van der Waals surface area contributed by atoms with Gasteiger partial charge in [-0.3, -0.25) is 4.79 Å². The number of nitrogens with zero attached hydrogens (tertiary/aromatic N) is 1. The molecule has 0 aromatic heterocycles. The fourth-order valence-electron chi connectivity index (χ4n) is 3.03. The van der Waals surface area contributed by atoms with Gasteiger partial charge in [-0.05, 0) is 36.6 Å². The monoisotopic (exact) mass is 385 g/mol. The maximum atomic E-state index is 12.6. The molecule has 1 aliphatic rings. The molecule has 2 aromatic rings. The second-order valence-electron chi connectivity index (χ2n) is 6.70. The minimum atomic E-state index is -3.89. The van der Waals surface area contributed by atoms with Crippen molar-refractivity contribution >= 4 is 22.0 Å². The highest BCUT2D eigenvalue weighted by molar-refractivity contribution is 7.92. The van der Waals surface area contributed by atoms with Gasteiger partial charge >= 0.3 is 0 Å². The summed E-state index contributed by atoms with van der Waals surface area (Å²) >= 11 is 0. The van der Waals surface area contributed by atoms with Crippen molar-refractivity contribution in [1.29, 1.82) is 0 Å². The Morgan fingerprint density at radius 3 is 2.30 bits per heavy atom. The number of rotatable bonds is 6. The summed E-state index contributed by atoms with van der Waals surface area (Å²) in [5.41, 5.74) is 2.89. The molecule has 0 saturated carbocycles. The first-order valence-corrected chi connectivity index (χ1v) is 10.4. The predicted octanol–water partition coefficient (Wildman–Crippen LogP) is 4.03. The van der Waals surface area contributed by atoms with Gasteiger partial charge in [0.2, 0.25) is 5.91 Å². The first-order chi connectivity index (χ1) is 12.9. The number of hydrogen-bond acceptors (Lipinski definition) is 4. The Labute approximate surface area is 160 Å². The van der Waals surface area contributed by atoms with Gasteiger partial charge in [0, 0.05) is 12.8 Å². The van der Waals surface area contributed by atoms with Gasteiger partial charge in [-0.2, -0.15) is 0 Å². The standard InChI is InChI=1S/C21H23NO4S/c1-16(2)26-21-13-12-20(23)22(21)27(24,25)15-14-17-8-10-19(11-9-17)18-6-4-3-5-7-18/h3-11,14-16,21H,12-13H2,1-2H3. The van der Waals surface area contributed by atoms with Crippen LogP contribution in [0, 0.1) is 0 Å². The van der Waals surface area contributed by atoms with Crippen LogP contribution in [0.1, 0.15) is 32.3 Å². The number of hydrogen-bond donors (Lipinski definition) is 0. The average molecular weight is 385 g/mol. The van der Waals surface area contributed by atoms with E-state index < -0.39 is 22.2 Å². The SMILES string of the molecule is CC(C)OC1CCC(=O)N1S(=O)(=O)C=Cc1ccc(-c2ccccc2)cc1. The molecule has 1 amide bonds. The van der Waals surface area contributed by atoms with Gasteiger partial charge in [0.25, 0.3) is 10.0 Å². The van der Waals surface area contributed by atoms with Crippen LogP contribution in [-0.2, 0) is 19.6 Å². The molecule has 1 unspecified atom stereocenters. The van der Waals surface area contributed by atoms with E-state index in [2.05, 4.69) is 0 Å². The van der Waals surface area contributed by atoms with Crippen molar-refractivity contribution in [3.8, 4) is 11.1 Å². The van der Waals surface area contributed by atoms with E-state index in [0.717, 1.165) is 26.4 Å².